The largest absolute Gasteiger partial charge is 0.457 e. The lowest BCUT2D eigenvalue weighted by Crippen LogP contribution is -2.17. The summed E-state index contributed by atoms with van der Waals surface area (Å²) in [5, 5.41) is 3.10. The van der Waals surface area contributed by atoms with E-state index in [9.17, 15) is 18.0 Å². The highest BCUT2D eigenvalue weighted by Gasteiger charge is 2.29. The standard InChI is InChI=1S/C26H20F3N3O2/c27-26(28,29)20-10-8-19(9-11-20)17-31-25-24(7-4-16-30-25)32(18-33)21-12-14-23(15-13-21)34-22-5-2-1-3-6-22/h1-16,18H,17H2,(H,30,31). The number of benzene rings is 3. The van der Waals surface area contributed by atoms with Gasteiger partial charge in [-0.1, -0.05) is 30.3 Å². The number of ether oxygens (including phenoxy) is 1. The fourth-order valence-electron chi connectivity index (χ4n) is 3.28. The molecule has 3 aromatic carbocycles. The Hall–Kier alpha value is -4.33. The first-order valence-electron chi connectivity index (χ1n) is 10.4. The monoisotopic (exact) mass is 463 g/mol. The van der Waals surface area contributed by atoms with Crippen molar-refractivity contribution in [1.29, 1.82) is 0 Å². The van der Waals surface area contributed by atoms with Gasteiger partial charge in [-0.05, 0) is 66.2 Å². The minimum absolute atomic E-state index is 0.235. The fourth-order valence-corrected chi connectivity index (χ4v) is 3.28. The molecule has 0 spiro atoms. The van der Waals surface area contributed by atoms with Gasteiger partial charge in [0.15, 0.2) is 5.82 Å². The summed E-state index contributed by atoms with van der Waals surface area (Å²) in [6.45, 7) is 0.235. The molecule has 4 rings (SSSR count). The van der Waals surface area contributed by atoms with Crippen LogP contribution in [0.5, 0.6) is 11.5 Å². The van der Waals surface area contributed by atoms with Gasteiger partial charge in [-0.3, -0.25) is 9.69 Å². The van der Waals surface area contributed by atoms with E-state index < -0.39 is 11.7 Å². The number of aromatic nitrogens is 1. The van der Waals surface area contributed by atoms with E-state index in [4.69, 9.17) is 4.74 Å². The number of amides is 1. The van der Waals surface area contributed by atoms with Gasteiger partial charge in [0.25, 0.3) is 0 Å². The van der Waals surface area contributed by atoms with Crippen LogP contribution in [0.4, 0.5) is 30.4 Å². The molecule has 4 aromatic rings. The van der Waals surface area contributed by atoms with E-state index in [0.717, 1.165) is 12.1 Å². The van der Waals surface area contributed by atoms with Crippen molar-refractivity contribution in [3.05, 3.63) is 108 Å². The maximum atomic E-state index is 12.8. The van der Waals surface area contributed by atoms with Gasteiger partial charge in [-0.25, -0.2) is 4.98 Å². The van der Waals surface area contributed by atoms with Crippen molar-refractivity contribution in [1.82, 2.24) is 4.98 Å². The van der Waals surface area contributed by atoms with Crippen LogP contribution in [0, 0.1) is 0 Å². The fraction of sp³-hybridized carbons (Fsp3) is 0.0769. The van der Waals surface area contributed by atoms with Crippen LogP contribution in [0.1, 0.15) is 11.1 Å². The zero-order chi connectivity index (χ0) is 24.0. The summed E-state index contributed by atoms with van der Waals surface area (Å²) >= 11 is 0. The molecule has 0 aliphatic heterocycles. The molecule has 0 atom stereocenters. The normalized spacial score (nSPS) is 11.0. The average Bonchev–Trinajstić information content (AvgIpc) is 2.85. The highest BCUT2D eigenvalue weighted by atomic mass is 19.4. The predicted octanol–water partition coefficient (Wildman–Crippen LogP) is 6.80. The van der Waals surface area contributed by atoms with Crippen molar-refractivity contribution in [3.8, 4) is 11.5 Å². The van der Waals surface area contributed by atoms with Gasteiger partial charge >= 0.3 is 6.18 Å². The second-order valence-corrected chi connectivity index (χ2v) is 7.30. The van der Waals surface area contributed by atoms with E-state index >= 15 is 0 Å². The Morgan fingerprint density at radius 1 is 0.853 bits per heavy atom. The van der Waals surface area contributed by atoms with Crippen LogP contribution in [0.3, 0.4) is 0 Å². The Balaban J connectivity index is 1.49. The molecule has 0 fully saturated rings. The van der Waals surface area contributed by atoms with Crippen LogP contribution < -0.4 is 15.0 Å². The number of alkyl halides is 3. The lowest BCUT2D eigenvalue weighted by Gasteiger charge is -2.21. The summed E-state index contributed by atoms with van der Waals surface area (Å²) in [6, 6.07) is 24.6. The molecule has 0 saturated heterocycles. The quantitative estimate of drug-likeness (QED) is 0.292. The molecular weight excluding hydrogens is 443 g/mol. The molecule has 1 N–H and O–H groups in total. The lowest BCUT2D eigenvalue weighted by molar-refractivity contribution is -0.137. The molecule has 1 amide bonds. The Labute approximate surface area is 194 Å². The van der Waals surface area contributed by atoms with Gasteiger partial charge in [-0.2, -0.15) is 13.2 Å². The lowest BCUT2D eigenvalue weighted by atomic mass is 10.1. The molecule has 0 radical (unpaired) electrons. The van der Waals surface area contributed by atoms with Crippen LogP contribution in [0.2, 0.25) is 0 Å². The van der Waals surface area contributed by atoms with Crippen molar-refractivity contribution >= 4 is 23.6 Å². The first-order chi connectivity index (χ1) is 16.4. The molecule has 1 heterocycles. The number of nitrogens with zero attached hydrogens (tertiary/aromatic N) is 2. The Kier molecular flexibility index (Phi) is 6.77. The molecular formula is C26H20F3N3O2. The maximum absolute atomic E-state index is 12.8. The summed E-state index contributed by atoms with van der Waals surface area (Å²) in [5.41, 5.74) is 1.04. The number of hydrogen-bond acceptors (Lipinski definition) is 4. The predicted molar refractivity (Wildman–Crippen MR) is 124 cm³/mol. The third-order valence-electron chi connectivity index (χ3n) is 4.99. The van der Waals surface area contributed by atoms with Crippen molar-refractivity contribution in [2.45, 2.75) is 12.7 Å². The topological polar surface area (TPSA) is 54.5 Å². The molecule has 8 heteroatoms. The summed E-state index contributed by atoms with van der Waals surface area (Å²) in [5.74, 6) is 1.73. The second-order valence-electron chi connectivity index (χ2n) is 7.30. The van der Waals surface area contributed by atoms with Gasteiger partial charge in [0.2, 0.25) is 6.41 Å². The molecule has 0 saturated carbocycles. The van der Waals surface area contributed by atoms with Crippen LogP contribution in [-0.2, 0) is 17.5 Å². The van der Waals surface area contributed by atoms with Gasteiger partial charge in [0, 0.05) is 18.4 Å². The Bertz CT molecular complexity index is 1230. The van der Waals surface area contributed by atoms with E-state index in [1.54, 1.807) is 42.6 Å². The van der Waals surface area contributed by atoms with Crippen molar-refractivity contribution in [2.24, 2.45) is 0 Å². The van der Waals surface area contributed by atoms with Crippen molar-refractivity contribution in [3.63, 3.8) is 0 Å². The molecule has 172 valence electrons. The van der Waals surface area contributed by atoms with Gasteiger partial charge in [0.1, 0.15) is 11.5 Å². The Morgan fingerprint density at radius 2 is 1.53 bits per heavy atom. The number of carbonyl (C=O) groups is 1. The number of para-hydroxylation sites is 1. The highest BCUT2D eigenvalue weighted by Crippen LogP contribution is 2.32. The maximum Gasteiger partial charge on any atom is 0.416 e. The van der Waals surface area contributed by atoms with Crippen LogP contribution >= 0.6 is 0 Å². The second kappa shape index (κ2) is 10.1. The summed E-state index contributed by atoms with van der Waals surface area (Å²) in [7, 11) is 0. The molecule has 1 aromatic heterocycles. The average molecular weight is 463 g/mol. The van der Waals surface area contributed by atoms with E-state index in [-0.39, 0.29) is 6.54 Å². The molecule has 0 aliphatic rings. The molecule has 5 nitrogen and oxygen atoms in total. The summed E-state index contributed by atoms with van der Waals surface area (Å²) in [4.78, 5) is 17.7. The first-order valence-corrected chi connectivity index (χ1v) is 10.4. The molecule has 0 unspecified atom stereocenters. The smallest absolute Gasteiger partial charge is 0.416 e. The zero-order valence-corrected chi connectivity index (χ0v) is 17.9. The SMILES string of the molecule is O=CN(c1ccc(Oc2ccccc2)cc1)c1cccnc1NCc1ccc(C(F)(F)F)cc1. The number of pyridine rings is 1. The van der Waals surface area contributed by atoms with Gasteiger partial charge in [-0.15, -0.1) is 0 Å². The first kappa shape index (κ1) is 22.8. The number of rotatable bonds is 8. The van der Waals surface area contributed by atoms with Crippen molar-refractivity contribution in [2.75, 3.05) is 10.2 Å². The summed E-state index contributed by atoms with van der Waals surface area (Å²) in [6.07, 6.45) is -2.14. The molecule has 0 aliphatic carbocycles. The van der Waals surface area contributed by atoms with E-state index in [0.29, 0.717) is 40.7 Å². The highest BCUT2D eigenvalue weighted by molar-refractivity contribution is 5.90. The van der Waals surface area contributed by atoms with E-state index in [2.05, 4.69) is 10.3 Å². The molecule has 0 bridgehead atoms. The zero-order valence-electron chi connectivity index (χ0n) is 17.9. The minimum atomic E-state index is -4.38. The number of halogens is 3. The number of carbonyl (C=O) groups excluding carboxylic acids is 1. The van der Waals surface area contributed by atoms with Gasteiger partial charge < -0.3 is 10.1 Å². The number of nitrogens with one attached hydrogen (secondary N) is 1. The molecule has 34 heavy (non-hydrogen) atoms. The van der Waals surface area contributed by atoms with Crippen LogP contribution in [-0.4, -0.2) is 11.4 Å². The van der Waals surface area contributed by atoms with Crippen LogP contribution in [0.25, 0.3) is 0 Å². The van der Waals surface area contributed by atoms with E-state index in [1.807, 2.05) is 30.3 Å². The third-order valence-corrected chi connectivity index (χ3v) is 4.99. The Morgan fingerprint density at radius 3 is 2.18 bits per heavy atom. The third kappa shape index (κ3) is 5.53. The number of hydrogen-bond donors (Lipinski definition) is 1. The van der Waals surface area contributed by atoms with E-state index in [1.165, 1.54) is 17.0 Å². The number of anilines is 3. The summed E-state index contributed by atoms with van der Waals surface area (Å²) < 4.78 is 44.1. The van der Waals surface area contributed by atoms with Crippen molar-refractivity contribution < 1.29 is 22.7 Å². The minimum Gasteiger partial charge on any atom is -0.457 e. The van der Waals surface area contributed by atoms with Crippen LogP contribution in [0.15, 0.2) is 97.2 Å². The van der Waals surface area contributed by atoms with Gasteiger partial charge in [0.05, 0.1) is 11.3 Å².